The van der Waals surface area contributed by atoms with E-state index >= 15 is 0 Å². The van der Waals surface area contributed by atoms with E-state index < -0.39 is 20.3 Å². The molecule has 20 heavy (non-hydrogen) atoms. The second-order valence-electron chi connectivity index (χ2n) is 5.54. The van der Waals surface area contributed by atoms with Crippen LogP contribution in [0.15, 0.2) is 24.3 Å². The Hall–Kier alpha value is -1.62. The molecule has 0 atom stereocenters. The van der Waals surface area contributed by atoms with Gasteiger partial charge in [-0.2, -0.15) is 0 Å². The summed E-state index contributed by atoms with van der Waals surface area (Å²) in [5, 5.41) is 0. The lowest BCUT2D eigenvalue weighted by molar-refractivity contribution is 0.0491. The molecule has 0 unspecified atom stereocenters. The number of rotatable bonds is 6. The van der Waals surface area contributed by atoms with Crippen molar-refractivity contribution >= 4 is 20.3 Å². The zero-order valence-electron chi connectivity index (χ0n) is 12.6. The second-order valence-corrected chi connectivity index (χ2v) is 9.97. The molecule has 0 amide bonds. The minimum absolute atomic E-state index is 0.270. The van der Waals surface area contributed by atoms with Gasteiger partial charge in [-0.3, -0.25) is 0 Å². The highest BCUT2D eigenvalue weighted by atomic mass is 28.4. The van der Waals surface area contributed by atoms with Crippen LogP contribution in [0.25, 0.3) is 0 Å². The largest absolute Gasteiger partial charge is 0.516 e. The van der Waals surface area contributed by atoms with Crippen molar-refractivity contribution in [3.63, 3.8) is 0 Å². The molecule has 4 nitrogen and oxygen atoms in total. The first-order valence-electron chi connectivity index (χ1n) is 6.84. The number of esters is 1. The predicted molar refractivity (Wildman–Crippen MR) is 80.4 cm³/mol. The van der Waals surface area contributed by atoms with Gasteiger partial charge in [0.25, 0.3) is 0 Å². The lowest BCUT2D eigenvalue weighted by Crippen LogP contribution is -2.30. The third-order valence-electron chi connectivity index (χ3n) is 2.50. The molecule has 5 heteroatoms. The average Bonchev–Trinajstić information content (AvgIpc) is 2.37. The molecule has 110 valence electrons. The van der Waals surface area contributed by atoms with Crippen LogP contribution in [-0.4, -0.2) is 26.9 Å². The van der Waals surface area contributed by atoms with Crippen molar-refractivity contribution in [2.75, 3.05) is 6.61 Å². The highest BCUT2D eigenvalue weighted by Crippen LogP contribution is 2.15. The fourth-order valence-electron chi connectivity index (χ4n) is 1.56. The van der Waals surface area contributed by atoms with E-state index in [0.29, 0.717) is 6.61 Å². The van der Waals surface area contributed by atoms with Crippen LogP contribution in [0.1, 0.15) is 40.5 Å². The Kier molecular flexibility index (Phi) is 5.95. The third-order valence-corrected chi connectivity index (χ3v) is 3.29. The Labute approximate surface area is 121 Å². The fraction of sp³-hybridized carbons (Fsp3) is 0.467. The highest BCUT2D eigenvalue weighted by molar-refractivity contribution is 6.71. The van der Waals surface area contributed by atoms with E-state index in [2.05, 4.69) is 0 Å². The van der Waals surface area contributed by atoms with Gasteiger partial charge in [0.1, 0.15) is 0 Å². The minimum atomic E-state index is -1.99. The summed E-state index contributed by atoms with van der Waals surface area (Å²) in [7, 11) is -1.99. The quantitative estimate of drug-likeness (QED) is 0.456. The van der Waals surface area contributed by atoms with E-state index in [1.165, 1.54) is 0 Å². The van der Waals surface area contributed by atoms with Gasteiger partial charge in [-0.05, 0) is 38.2 Å². The van der Waals surface area contributed by atoms with Crippen LogP contribution in [0.2, 0.25) is 19.6 Å². The number of ether oxygens (including phenoxy) is 1. The van der Waals surface area contributed by atoms with Crippen molar-refractivity contribution in [2.45, 2.75) is 39.4 Å². The second kappa shape index (κ2) is 7.24. The fourth-order valence-corrected chi connectivity index (χ4v) is 2.23. The van der Waals surface area contributed by atoms with Gasteiger partial charge >= 0.3 is 11.9 Å². The first-order chi connectivity index (χ1) is 9.35. The SMILES string of the molecule is CCCCOC(=O)c1ccccc1C(=O)O[Si](C)(C)C. The molecule has 0 saturated carbocycles. The first kappa shape index (κ1) is 16.4. The zero-order chi connectivity index (χ0) is 15.2. The molecule has 0 bridgehead atoms. The Morgan fingerprint density at radius 1 is 1.05 bits per heavy atom. The van der Waals surface area contributed by atoms with Crippen LogP contribution in [-0.2, 0) is 9.16 Å². The number of unbranched alkanes of at least 4 members (excludes halogenated alkanes) is 1. The molecule has 0 N–H and O–H groups in total. The molecule has 0 aliphatic heterocycles. The van der Waals surface area contributed by atoms with Crippen LogP contribution in [0, 0.1) is 0 Å². The summed E-state index contributed by atoms with van der Waals surface area (Å²) >= 11 is 0. The topological polar surface area (TPSA) is 52.6 Å². The molecule has 0 aromatic heterocycles. The Morgan fingerprint density at radius 2 is 1.60 bits per heavy atom. The van der Waals surface area contributed by atoms with E-state index in [0.717, 1.165) is 12.8 Å². The maximum absolute atomic E-state index is 12.1. The molecule has 0 fully saturated rings. The molecular weight excluding hydrogens is 272 g/mol. The summed E-state index contributed by atoms with van der Waals surface area (Å²) in [5.41, 5.74) is 0.545. The molecule has 0 aliphatic rings. The van der Waals surface area contributed by atoms with Gasteiger partial charge in [0.15, 0.2) is 0 Å². The normalized spacial score (nSPS) is 11.0. The summed E-state index contributed by atoms with van der Waals surface area (Å²) in [6.45, 7) is 8.16. The van der Waals surface area contributed by atoms with E-state index in [1.807, 2.05) is 26.6 Å². The smallest absolute Gasteiger partial charge is 0.339 e. The molecule has 0 aliphatic carbocycles. The van der Waals surface area contributed by atoms with Gasteiger partial charge in [0.05, 0.1) is 17.7 Å². The van der Waals surface area contributed by atoms with Crippen molar-refractivity contribution in [2.24, 2.45) is 0 Å². The van der Waals surface area contributed by atoms with Crippen LogP contribution in [0.4, 0.5) is 0 Å². The molecule has 1 aromatic carbocycles. The molecular formula is C15H22O4Si. The number of hydrogen-bond donors (Lipinski definition) is 0. The highest BCUT2D eigenvalue weighted by Gasteiger charge is 2.24. The lowest BCUT2D eigenvalue weighted by atomic mass is 10.1. The molecule has 0 saturated heterocycles. The summed E-state index contributed by atoms with van der Waals surface area (Å²) in [4.78, 5) is 24.1. The van der Waals surface area contributed by atoms with Crippen molar-refractivity contribution in [1.29, 1.82) is 0 Å². The molecule has 0 spiro atoms. The molecule has 1 rings (SSSR count). The first-order valence-corrected chi connectivity index (χ1v) is 10.3. The number of benzene rings is 1. The number of hydrogen-bond acceptors (Lipinski definition) is 4. The van der Waals surface area contributed by atoms with Gasteiger partial charge in [-0.25, -0.2) is 9.59 Å². The van der Waals surface area contributed by atoms with Gasteiger partial charge in [0.2, 0.25) is 8.32 Å². The van der Waals surface area contributed by atoms with E-state index in [1.54, 1.807) is 24.3 Å². The Bertz CT molecular complexity index is 477. The standard InChI is InChI=1S/C15H22O4Si/c1-5-6-11-18-14(16)12-9-7-8-10-13(12)15(17)19-20(2,3)4/h7-10H,5-6,11H2,1-4H3. The maximum Gasteiger partial charge on any atom is 0.339 e. The summed E-state index contributed by atoms with van der Waals surface area (Å²) < 4.78 is 10.6. The van der Waals surface area contributed by atoms with Crippen LogP contribution in [0.5, 0.6) is 0 Å². The van der Waals surface area contributed by atoms with Crippen molar-refractivity contribution < 1.29 is 18.8 Å². The molecule has 1 aromatic rings. The lowest BCUT2D eigenvalue weighted by Gasteiger charge is -2.18. The van der Waals surface area contributed by atoms with Crippen LogP contribution in [0.3, 0.4) is 0 Å². The molecule has 0 radical (unpaired) electrons. The van der Waals surface area contributed by atoms with Gasteiger partial charge in [0, 0.05) is 0 Å². The van der Waals surface area contributed by atoms with E-state index in [4.69, 9.17) is 9.16 Å². The third kappa shape index (κ3) is 5.17. The van der Waals surface area contributed by atoms with Gasteiger partial charge in [-0.1, -0.05) is 25.5 Å². The summed E-state index contributed by atoms with van der Waals surface area (Å²) in [6.07, 6.45) is 1.76. The Morgan fingerprint density at radius 3 is 2.10 bits per heavy atom. The van der Waals surface area contributed by atoms with Gasteiger partial charge in [-0.15, -0.1) is 0 Å². The van der Waals surface area contributed by atoms with Crippen LogP contribution >= 0.6 is 0 Å². The van der Waals surface area contributed by atoms with Crippen molar-refractivity contribution in [1.82, 2.24) is 0 Å². The minimum Gasteiger partial charge on any atom is -0.516 e. The van der Waals surface area contributed by atoms with Gasteiger partial charge < -0.3 is 9.16 Å². The summed E-state index contributed by atoms with van der Waals surface area (Å²) in [6, 6.07) is 6.61. The monoisotopic (exact) mass is 294 g/mol. The van der Waals surface area contributed by atoms with Crippen molar-refractivity contribution in [3.8, 4) is 0 Å². The van der Waals surface area contributed by atoms with E-state index in [9.17, 15) is 9.59 Å². The van der Waals surface area contributed by atoms with Crippen LogP contribution < -0.4 is 0 Å². The zero-order valence-corrected chi connectivity index (χ0v) is 13.6. The number of carbonyl (C=O) groups is 2. The summed E-state index contributed by atoms with van der Waals surface area (Å²) in [5.74, 6) is -0.922. The number of carbonyl (C=O) groups excluding carboxylic acids is 2. The Balaban J connectivity index is 2.87. The maximum atomic E-state index is 12.1. The molecule has 0 heterocycles. The average molecular weight is 294 g/mol. The predicted octanol–water partition coefficient (Wildman–Crippen LogP) is 3.64. The van der Waals surface area contributed by atoms with Crippen molar-refractivity contribution in [3.05, 3.63) is 35.4 Å². The van der Waals surface area contributed by atoms with E-state index in [-0.39, 0.29) is 11.1 Å².